The molecule has 2 aromatic rings. The fourth-order valence-corrected chi connectivity index (χ4v) is 2.34. The molecule has 0 saturated heterocycles. The molecule has 2 amide bonds. The van der Waals surface area contributed by atoms with E-state index in [9.17, 15) is 14.4 Å². The number of ether oxygens (including phenoxy) is 1. The SMILES string of the molecule is CCc1cccc(Oc2cccc3c2C(=O)NC(=O)C3=O)c1. The molecular formula is C17H13NO4. The van der Waals surface area contributed by atoms with Crippen molar-refractivity contribution in [3.8, 4) is 11.5 Å². The molecule has 0 saturated carbocycles. The van der Waals surface area contributed by atoms with Crippen molar-refractivity contribution in [2.75, 3.05) is 0 Å². The van der Waals surface area contributed by atoms with E-state index in [1.807, 2.05) is 30.4 Å². The number of rotatable bonds is 3. The molecule has 2 aromatic carbocycles. The number of aryl methyl sites for hydroxylation is 1. The standard InChI is InChI=1S/C17H13NO4/c1-2-10-5-3-6-11(9-10)22-13-8-4-7-12-14(13)16(20)18-17(21)15(12)19/h3-9H,2H2,1H3,(H,18,20,21). The van der Waals surface area contributed by atoms with Gasteiger partial charge in [-0.3, -0.25) is 19.7 Å². The molecule has 0 fully saturated rings. The lowest BCUT2D eigenvalue weighted by Crippen LogP contribution is -2.42. The van der Waals surface area contributed by atoms with Crippen molar-refractivity contribution in [1.29, 1.82) is 0 Å². The molecule has 0 aromatic heterocycles. The predicted octanol–water partition coefficient (Wildman–Crippen LogP) is 2.49. The Morgan fingerprint density at radius 3 is 2.55 bits per heavy atom. The van der Waals surface area contributed by atoms with E-state index in [0.717, 1.165) is 12.0 Å². The van der Waals surface area contributed by atoms with E-state index in [0.29, 0.717) is 5.75 Å². The highest BCUT2D eigenvalue weighted by Crippen LogP contribution is 2.30. The monoisotopic (exact) mass is 295 g/mol. The smallest absolute Gasteiger partial charge is 0.299 e. The second kappa shape index (κ2) is 5.44. The number of Topliss-reactive ketones (excluding diaryl/α,β-unsaturated/α-hetero) is 1. The maximum Gasteiger partial charge on any atom is 0.299 e. The fourth-order valence-electron chi connectivity index (χ4n) is 2.34. The first-order valence-electron chi connectivity index (χ1n) is 6.90. The summed E-state index contributed by atoms with van der Waals surface area (Å²) in [6, 6.07) is 12.1. The molecule has 0 radical (unpaired) electrons. The fraction of sp³-hybridized carbons (Fsp3) is 0.118. The van der Waals surface area contributed by atoms with Crippen LogP contribution in [0.25, 0.3) is 0 Å². The van der Waals surface area contributed by atoms with E-state index < -0.39 is 17.6 Å². The van der Waals surface area contributed by atoms with Gasteiger partial charge in [0.15, 0.2) is 0 Å². The maximum absolute atomic E-state index is 12.0. The van der Waals surface area contributed by atoms with Crippen molar-refractivity contribution in [1.82, 2.24) is 5.32 Å². The van der Waals surface area contributed by atoms with Crippen LogP contribution in [0.5, 0.6) is 11.5 Å². The summed E-state index contributed by atoms with van der Waals surface area (Å²) in [5.74, 6) is -1.44. The summed E-state index contributed by atoms with van der Waals surface area (Å²) in [5, 5.41) is 2.03. The van der Waals surface area contributed by atoms with Crippen LogP contribution in [0.3, 0.4) is 0 Å². The van der Waals surface area contributed by atoms with Crippen LogP contribution in [0.1, 0.15) is 33.2 Å². The second-order valence-electron chi connectivity index (χ2n) is 4.89. The molecule has 0 bridgehead atoms. The Morgan fingerprint density at radius 2 is 1.77 bits per heavy atom. The minimum atomic E-state index is -0.914. The lowest BCUT2D eigenvalue weighted by molar-refractivity contribution is -0.116. The average molecular weight is 295 g/mol. The Labute approximate surface area is 126 Å². The lowest BCUT2D eigenvalue weighted by Gasteiger charge is -2.17. The van der Waals surface area contributed by atoms with Gasteiger partial charge < -0.3 is 4.74 Å². The van der Waals surface area contributed by atoms with Crippen LogP contribution in [0.15, 0.2) is 42.5 Å². The summed E-state index contributed by atoms with van der Waals surface area (Å²) in [6.07, 6.45) is 0.859. The van der Waals surface area contributed by atoms with E-state index in [4.69, 9.17) is 4.74 Å². The third kappa shape index (κ3) is 2.37. The van der Waals surface area contributed by atoms with Crippen LogP contribution >= 0.6 is 0 Å². The Morgan fingerprint density at radius 1 is 1.00 bits per heavy atom. The highest BCUT2D eigenvalue weighted by molar-refractivity contribution is 6.49. The largest absolute Gasteiger partial charge is 0.457 e. The zero-order valence-electron chi connectivity index (χ0n) is 11.9. The van der Waals surface area contributed by atoms with Gasteiger partial charge in [0.05, 0.1) is 5.56 Å². The second-order valence-corrected chi connectivity index (χ2v) is 4.89. The summed E-state index contributed by atoms with van der Waals surface area (Å²) in [5.41, 5.74) is 1.25. The normalized spacial score (nSPS) is 13.6. The minimum absolute atomic E-state index is 0.0675. The van der Waals surface area contributed by atoms with Crippen LogP contribution in [-0.4, -0.2) is 17.6 Å². The van der Waals surface area contributed by atoms with Gasteiger partial charge in [-0.1, -0.05) is 25.1 Å². The molecule has 1 aliphatic rings. The molecule has 0 atom stereocenters. The van der Waals surface area contributed by atoms with Gasteiger partial charge in [-0.05, 0) is 36.2 Å². The average Bonchev–Trinajstić information content (AvgIpc) is 2.52. The number of ketones is 1. The Hall–Kier alpha value is -2.95. The summed E-state index contributed by atoms with van der Waals surface area (Å²) in [4.78, 5) is 35.3. The zero-order chi connectivity index (χ0) is 15.7. The van der Waals surface area contributed by atoms with Crippen molar-refractivity contribution >= 4 is 17.6 Å². The number of hydrogen-bond donors (Lipinski definition) is 1. The molecule has 1 N–H and O–H groups in total. The summed E-state index contributed by atoms with van der Waals surface area (Å²) >= 11 is 0. The first-order chi connectivity index (χ1) is 10.6. The van der Waals surface area contributed by atoms with Crippen molar-refractivity contribution in [2.24, 2.45) is 0 Å². The van der Waals surface area contributed by atoms with Gasteiger partial charge in [0.25, 0.3) is 17.6 Å². The first kappa shape index (κ1) is 14.0. The van der Waals surface area contributed by atoms with Gasteiger partial charge in [-0.15, -0.1) is 0 Å². The number of carbonyl (C=O) groups excluding carboxylic acids is 3. The zero-order valence-corrected chi connectivity index (χ0v) is 11.9. The number of carbonyl (C=O) groups is 3. The molecular weight excluding hydrogens is 282 g/mol. The molecule has 0 aliphatic carbocycles. The Bertz CT molecular complexity index is 795. The first-order valence-corrected chi connectivity index (χ1v) is 6.90. The molecule has 5 heteroatoms. The van der Waals surface area contributed by atoms with Crippen LogP contribution in [0.4, 0.5) is 0 Å². The molecule has 0 unspecified atom stereocenters. The number of hydrogen-bond acceptors (Lipinski definition) is 4. The van der Waals surface area contributed by atoms with E-state index in [1.165, 1.54) is 6.07 Å². The van der Waals surface area contributed by atoms with Crippen LogP contribution in [0.2, 0.25) is 0 Å². The lowest BCUT2D eigenvalue weighted by atomic mass is 9.98. The summed E-state index contributed by atoms with van der Waals surface area (Å²) in [6.45, 7) is 2.03. The molecule has 5 nitrogen and oxygen atoms in total. The molecule has 1 heterocycles. The highest BCUT2D eigenvalue weighted by atomic mass is 16.5. The quantitative estimate of drug-likeness (QED) is 0.697. The van der Waals surface area contributed by atoms with Crippen molar-refractivity contribution in [2.45, 2.75) is 13.3 Å². The van der Waals surface area contributed by atoms with Crippen LogP contribution < -0.4 is 10.1 Å². The van der Waals surface area contributed by atoms with Crippen LogP contribution in [-0.2, 0) is 11.2 Å². The number of fused-ring (bicyclic) bond motifs is 1. The van der Waals surface area contributed by atoms with E-state index in [-0.39, 0.29) is 16.9 Å². The number of benzene rings is 2. The van der Waals surface area contributed by atoms with Crippen molar-refractivity contribution in [3.63, 3.8) is 0 Å². The molecule has 22 heavy (non-hydrogen) atoms. The molecule has 110 valence electrons. The number of amides is 2. The molecule has 3 rings (SSSR count). The molecule has 1 aliphatic heterocycles. The van der Waals surface area contributed by atoms with E-state index in [2.05, 4.69) is 0 Å². The minimum Gasteiger partial charge on any atom is -0.457 e. The Kier molecular flexibility index (Phi) is 3.47. The number of imide groups is 1. The van der Waals surface area contributed by atoms with E-state index in [1.54, 1.807) is 18.2 Å². The number of nitrogens with one attached hydrogen (secondary N) is 1. The van der Waals surface area contributed by atoms with Gasteiger partial charge >= 0.3 is 0 Å². The van der Waals surface area contributed by atoms with E-state index >= 15 is 0 Å². The van der Waals surface area contributed by atoms with Crippen LogP contribution in [0, 0.1) is 0 Å². The third-order valence-corrected chi connectivity index (χ3v) is 3.47. The van der Waals surface area contributed by atoms with Crippen molar-refractivity contribution < 1.29 is 19.1 Å². The topological polar surface area (TPSA) is 72.5 Å². The van der Waals surface area contributed by atoms with Gasteiger partial charge in [0, 0.05) is 5.56 Å². The van der Waals surface area contributed by atoms with Gasteiger partial charge in [0.2, 0.25) is 0 Å². The summed E-state index contributed by atoms with van der Waals surface area (Å²) < 4.78 is 5.75. The maximum atomic E-state index is 12.0. The third-order valence-electron chi connectivity index (χ3n) is 3.47. The summed E-state index contributed by atoms with van der Waals surface area (Å²) in [7, 11) is 0. The Balaban J connectivity index is 2.04. The van der Waals surface area contributed by atoms with Gasteiger partial charge in [-0.25, -0.2) is 0 Å². The van der Waals surface area contributed by atoms with Gasteiger partial charge in [-0.2, -0.15) is 0 Å². The highest BCUT2D eigenvalue weighted by Gasteiger charge is 2.33. The predicted molar refractivity (Wildman–Crippen MR) is 79.1 cm³/mol. The molecule has 0 spiro atoms. The van der Waals surface area contributed by atoms with Crippen molar-refractivity contribution in [3.05, 3.63) is 59.2 Å². The van der Waals surface area contributed by atoms with Gasteiger partial charge in [0.1, 0.15) is 11.5 Å².